The van der Waals surface area contributed by atoms with Crippen molar-refractivity contribution >= 4 is 10.1 Å². The molecule has 0 saturated heterocycles. The Morgan fingerprint density at radius 2 is 1.94 bits per heavy atom. The number of aryl methyl sites for hydroxylation is 2. The lowest BCUT2D eigenvalue weighted by Crippen LogP contribution is -2.23. The lowest BCUT2D eigenvalue weighted by molar-refractivity contribution is -0.671. The summed E-state index contributed by atoms with van der Waals surface area (Å²) in [4.78, 5) is 0. The highest BCUT2D eigenvalue weighted by Gasteiger charge is 1.97. The van der Waals surface area contributed by atoms with Crippen LogP contribution in [0.3, 0.4) is 0 Å². The van der Waals surface area contributed by atoms with Gasteiger partial charge in [-0.25, -0.2) is 21.9 Å². The quantitative estimate of drug-likeness (QED) is 0.449. The van der Waals surface area contributed by atoms with Crippen LogP contribution < -0.4 is 4.57 Å². The fraction of sp³-hybridized carbons (Fsp3) is 0.727. The normalized spacial score (nSPS) is 10.9. The summed E-state index contributed by atoms with van der Waals surface area (Å²) < 4.78 is 42.1. The molecule has 5 nitrogen and oxygen atoms in total. The molecule has 1 heterocycles. The molecule has 0 aliphatic carbocycles. The summed E-state index contributed by atoms with van der Waals surface area (Å²) in [7, 11) is -2.52. The number of rotatable bonds is 6. The molecule has 0 amide bonds. The number of nitrogens with zero attached hydrogens (tertiary/aromatic N) is 2. The minimum atomic E-state index is -4.58. The van der Waals surface area contributed by atoms with Gasteiger partial charge < -0.3 is 4.55 Å². The number of aromatic nitrogens is 2. The van der Waals surface area contributed by atoms with E-state index in [9.17, 15) is 4.39 Å². The van der Waals surface area contributed by atoms with Gasteiger partial charge in [0.25, 0.3) is 0 Å². The van der Waals surface area contributed by atoms with Gasteiger partial charge in [0, 0.05) is 0 Å². The molecular weight excluding hydrogens is 259 g/mol. The van der Waals surface area contributed by atoms with Crippen LogP contribution >= 0.6 is 0 Å². The Balaban J connectivity index is 0.000000411. The average molecular weight is 280 g/mol. The van der Waals surface area contributed by atoms with Gasteiger partial charge in [0.1, 0.15) is 22.5 Å². The smallest absolute Gasteiger partial charge is 0.243 e. The third kappa shape index (κ3) is 10.2. The Hall–Kier alpha value is -0.950. The van der Waals surface area contributed by atoms with Crippen LogP contribution in [0.5, 0.6) is 0 Å². The molecule has 0 radical (unpaired) electrons. The molecule has 0 saturated carbocycles. The predicted molar refractivity (Wildman–Crippen MR) is 65.4 cm³/mol. The van der Waals surface area contributed by atoms with Crippen molar-refractivity contribution in [3.05, 3.63) is 18.7 Å². The van der Waals surface area contributed by atoms with Gasteiger partial charge in [-0.2, -0.15) is 0 Å². The van der Waals surface area contributed by atoms with E-state index in [1.165, 1.54) is 32.2 Å². The minimum absolute atomic E-state index is 1.17. The second-order valence-electron chi connectivity index (χ2n) is 4.04. The maximum Gasteiger partial charge on any atom is 0.243 e. The second-order valence-corrected chi connectivity index (χ2v) is 5.38. The third-order valence-electron chi connectivity index (χ3n) is 2.23. The van der Waals surface area contributed by atoms with Crippen molar-refractivity contribution in [1.29, 1.82) is 0 Å². The van der Waals surface area contributed by atoms with E-state index >= 15 is 0 Å². The van der Waals surface area contributed by atoms with Gasteiger partial charge in [-0.3, -0.25) is 0 Å². The summed E-state index contributed by atoms with van der Waals surface area (Å²) in [6.07, 6.45) is 11.7. The molecule has 0 atom stereocenters. The summed E-state index contributed by atoms with van der Waals surface area (Å²) >= 11 is 0. The van der Waals surface area contributed by atoms with E-state index in [-0.39, 0.29) is 0 Å². The molecule has 0 unspecified atom stereocenters. The molecule has 1 rings (SSSR count). The Morgan fingerprint density at radius 1 is 1.33 bits per heavy atom. The van der Waals surface area contributed by atoms with Crippen molar-refractivity contribution in [2.45, 2.75) is 39.2 Å². The van der Waals surface area contributed by atoms with Crippen molar-refractivity contribution < 1.29 is 21.9 Å². The highest BCUT2D eigenvalue weighted by Crippen LogP contribution is 2.00. The first-order valence-electron chi connectivity index (χ1n) is 5.89. The molecule has 18 heavy (non-hydrogen) atoms. The van der Waals surface area contributed by atoms with Crippen LogP contribution in [0.25, 0.3) is 0 Å². The van der Waals surface area contributed by atoms with Gasteiger partial charge in [0.05, 0.1) is 13.6 Å². The van der Waals surface area contributed by atoms with E-state index in [4.69, 9.17) is 13.0 Å². The first kappa shape index (κ1) is 17.1. The highest BCUT2D eigenvalue weighted by atomic mass is 32.2. The molecule has 7 heteroatoms. The molecule has 0 N–H and O–H groups in total. The number of imidazole rings is 1. The van der Waals surface area contributed by atoms with Gasteiger partial charge in [0.15, 0.2) is 6.01 Å². The van der Waals surface area contributed by atoms with Gasteiger partial charge >= 0.3 is 0 Å². The number of halogens is 1. The molecule has 1 aromatic rings. The van der Waals surface area contributed by atoms with Crippen LogP contribution in [0, 0.1) is 0 Å². The van der Waals surface area contributed by atoms with Crippen LogP contribution in [-0.2, 0) is 23.7 Å². The fourth-order valence-corrected chi connectivity index (χ4v) is 1.36. The first-order chi connectivity index (χ1) is 8.39. The lowest BCUT2D eigenvalue weighted by Gasteiger charge is -1.95. The minimum Gasteiger partial charge on any atom is -0.746 e. The first-order valence-corrected chi connectivity index (χ1v) is 7.47. The number of hydrogen-bond acceptors (Lipinski definition) is 3. The summed E-state index contributed by atoms with van der Waals surface area (Å²) in [6, 6.07) is -1.81. The zero-order valence-corrected chi connectivity index (χ0v) is 11.7. The molecule has 0 aliphatic heterocycles. The average Bonchev–Trinajstić information content (AvgIpc) is 2.71. The number of hydrogen-bond donors (Lipinski definition) is 0. The molecule has 1 aromatic heterocycles. The Morgan fingerprint density at radius 3 is 2.33 bits per heavy atom. The van der Waals surface area contributed by atoms with E-state index in [1.807, 2.05) is 0 Å². The Labute approximate surface area is 108 Å². The SMILES string of the molecule is CCCCCCn1cc[n+](C)c1.O=S(=O)([O-])CF. The van der Waals surface area contributed by atoms with E-state index in [0.717, 1.165) is 0 Å². The molecular formula is C11H21FN2O3S. The number of alkyl halides is 1. The topological polar surface area (TPSA) is 66.0 Å². The van der Waals surface area contributed by atoms with E-state index < -0.39 is 16.1 Å². The molecule has 0 spiro atoms. The second kappa shape index (κ2) is 9.04. The predicted octanol–water partition coefficient (Wildman–Crippen LogP) is 1.35. The van der Waals surface area contributed by atoms with Gasteiger partial charge in [0.2, 0.25) is 6.33 Å². The maximum absolute atomic E-state index is 10.6. The van der Waals surface area contributed by atoms with Crippen molar-refractivity contribution in [3.63, 3.8) is 0 Å². The highest BCUT2D eigenvalue weighted by molar-refractivity contribution is 7.85. The summed E-state index contributed by atoms with van der Waals surface area (Å²) in [5, 5.41) is 0. The zero-order valence-electron chi connectivity index (χ0n) is 10.9. The van der Waals surface area contributed by atoms with Crippen molar-refractivity contribution in [2.24, 2.45) is 7.05 Å². The summed E-state index contributed by atoms with van der Waals surface area (Å²) in [5.74, 6) is 0. The van der Waals surface area contributed by atoms with Gasteiger partial charge in [-0.05, 0) is 12.8 Å². The summed E-state index contributed by atoms with van der Waals surface area (Å²) in [6.45, 7) is 3.41. The van der Waals surface area contributed by atoms with Crippen LogP contribution in [0.2, 0.25) is 0 Å². The number of unbranched alkanes of at least 4 members (excludes halogenated alkanes) is 3. The molecule has 0 aliphatic rings. The standard InChI is InChI=1S/C10H19N2.CH3FO3S/c1-3-4-5-6-7-12-9-8-11(2)10-12;2-1-6(3,4)5/h8-10H,3-7H2,1-2H3;1H2,(H,3,4,5)/q+1;/p-1. The van der Waals surface area contributed by atoms with Gasteiger partial charge in [-0.1, -0.05) is 19.8 Å². The van der Waals surface area contributed by atoms with E-state index in [2.05, 4.69) is 41.8 Å². The lowest BCUT2D eigenvalue weighted by atomic mass is 10.2. The molecule has 106 valence electrons. The van der Waals surface area contributed by atoms with Crippen molar-refractivity contribution in [3.8, 4) is 0 Å². The molecule has 0 fully saturated rings. The van der Waals surface area contributed by atoms with Gasteiger partial charge in [-0.15, -0.1) is 0 Å². The van der Waals surface area contributed by atoms with Crippen LogP contribution in [-0.4, -0.2) is 23.5 Å². The Bertz CT molecular complexity index is 418. The van der Waals surface area contributed by atoms with Crippen molar-refractivity contribution in [1.82, 2.24) is 4.57 Å². The Kier molecular flexibility index (Phi) is 8.57. The zero-order chi connectivity index (χ0) is 14.0. The van der Waals surface area contributed by atoms with Crippen LogP contribution in [0.4, 0.5) is 4.39 Å². The molecule has 0 bridgehead atoms. The molecule has 0 aromatic carbocycles. The summed E-state index contributed by atoms with van der Waals surface area (Å²) in [5.41, 5.74) is 0. The van der Waals surface area contributed by atoms with E-state index in [0.29, 0.717) is 0 Å². The monoisotopic (exact) mass is 280 g/mol. The largest absolute Gasteiger partial charge is 0.746 e. The third-order valence-corrected chi connectivity index (χ3v) is 2.49. The van der Waals surface area contributed by atoms with Crippen LogP contribution in [0.1, 0.15) is 32.6 Å². The maximum atomic E-state index is 10.6. The van der Waals surface area contributed by atoms with Crippen LogP contribution in [0.15, 0.2) is 18.7 Å². The van der Waals surface area contributed by atoms with Crippen molar-refractivity contribution in [2.75, 3.05) is 6.01 Å². The fourth-order valence-electron chi connectivity index (χ4n) is 1.36. The van der Waals surface area contributed by atoms with E-state index in [1.54, 1.807) is 0 Å².